The highest BCUT2D eigenvalue weighted by Gasteiger charge is 2.16. The van der Waals surface area contributed by atoms with E-state index < -0.39 is 12.0 Å². The van der Waals surface area contributed by atoms with E-state index in [1.165, 1.54) is 7.11 Å². The Morgan fingerprint density at radius 1 is 1.55 bits per heavy atom. The molecule has 3 N–H and O–H groups in total. The standard InChI is InChI=1S/C15H18N2O3/c1-3-6-20-11-4-5-14-12(8-11)10(9-17-14)7-13(16)15(18)19-2/h3-5,8-9,13,17H,1,6-7,16H2,2H3/t13-/m0/s1. The van der Waals surface area contributed by atoms with E-state index in [4.69, 9.17) is 10.5 Å². The van der Waals surface area contributed by atoms with Gasteiger partial charge in [0.15, 0.2) is 0 Å². The minimum absolute atomic E-state index is 0.414. The summed E-state index contributed by atoms with van der Waals surface area (Å²) in [6, 6.07) is 5.07. The maximum absolute atomic E-state index is 11.4. The van der Waals surface area contributed by atoms with Gasteiger partial charge in [-0.3, -0.25) is 4.79 Å². The molecule has 1 aromatic carbocycles. The van der Waals surface area contributed by atoms with Gasteiger partial charge in [-0.2, -0.15) is 0 Å². The zero-order valence-electron chi connectivity index (χ0n) is 11.4. The Hall–Kier alpha value is -2.27. The van der Waals surface area contributed by atoms with Crippen molar-refractivity contribution in [1.82, 2.24) is 4.98 Å². The summed E-state index contributed by atoms with van der Waals surface area (Å²) in [6.07, 6.45) is 3.96. The predicted octanol–water partition coefficient (Wildman–Crippen LogP) is 1.78. The first-order chi connectivity index (χ1) is 9.65. The van der Waals surface area contributed by atoms with Crippen LogP contribution < -0.4 is 10.5 Å². The fourth-order valence-corrected chi connectivity index (χ4v) is 2.04. The van der Waals surface area contributed by atoms with Gasteiger partial charge < -0.3 is 20.2 Å². The summed E-state index contributed by atoms with van der Waals surface area (Å²) >= 11 is 0. The molecule has 20 heavy (non-hydrogen) atoms. The van der Waals surface area contributed by atoms with Crippen LogP contribution in [0.4, 0.5) is 0 Å². The number of carbonyl (C=O) groups excluding carboxylic acids is 1. The maximum Gasteiger partial charge on any atom is 0.322 e. The number of aromatic amines is 1. The van der Waals surface area contributed by atoms with E-state index in [0.29, 0.717) is 13.0 Å². The molecule has 0 aliphatic rings. The normalized spacial score (nSPS) is 12.1. The van der Waals surface area contributed by atoms with E-state index in [2.05, 4.69) is 16.3 Å². The molecule has 5 heteroatoms. The quantitative estimate of drug-likeness (QED) is 0.621. The van der Waals surface area contributed by atoms with Gasteiger partial charge in [-0.05, 0) is 23.8 Å². The monoisotopic (exact) mass is 274 g/mol. The minimum atomic E-state index is -0.670. The number of aromatic nitrogens is 1. The molecule has 0 saturated carbocycles. The van der Waals surface area contributed by atoms with Crippen LogP contribution in [-0.2, 0) is 16.0 Å². The highest BCUT2D eigenvalue weighted by molar-refractivity contribution is 5.85. The number of methoxy groups -OCH3 is 1. The number of nitrogens with two attached hydrogens (primary N) is 1. The molecule has 0 aliphatic carbocycles. The second-order valence-electron chi connectivity index (χ2n) is 4.45. The number of rotatable bonds is 6. The van der Waals surface area contributed by atoms with Gasteiger partial charge in [0.2, 0.25) is 0 Å². The molecular formula is C15H18N2O3. The first kappa shape index (κ1) is 14.1. The van der Waals surface area contributed by atoms with Crippen LogP contribution in [0.25, 0.3) is 10.9 Å². The Balaban J connectivity index is 2.24. The molecule has 1 atom stereocenters. The van der Waals surface area contributed by atoms with Crippen molar-refractivity contribution in [3.63, 3.8) is 0 Å². The molecule has 1 heterocycles. The van der Waals surface area contributed by atoms with Crippen LogP contribution in [0, 0.1) is 0 Å². The van der Waals surface area contributed by atoms with Crippen LogP contribution in [-0.4, -0.2) is 30.7 Å². The molecule has 0 radical (unpaired) electrons. The van der Waals surface area contributed by atoms with Gasteiger partial charge in [-0.15, -0.1) is 0 Å². The van der Waals surface area contributed by atoms with Crippen molar-refractivity contribution in [1.29, 1.82) is 0 Å². The number of hydrogen-bond donors (Lipinski definition) is 2. The van der Waals surface area contributed by atoms with Crippen LogP contribution in [0.3, 0.4) is 0 Å². The summed E-state index contributed by atoms with van der Waals surface area (Å²) in [5, 5.41) is 0.992. The first-order valence-electron chi connectivity index (χ1n) is 6.32. The molecule has 0 amide bonds. The number of carbonyl (C=O) groups is 1. The van der Waals surface area contributed by atoms with Gasteiger partial charge in [0, 0.05) is 23.5 Å². The molecule has 0 saturated heterocycles. The van der Waals surface area contributed by atoms with E-state index in [0.717, 1.165) is 22.2 Å². The largest absolute Gasteiger partial charge is 0.490 e. The Kier molecular flexibility index (Phi) is 4.42. The third-order valence-electron chi connectivity index (χ3n) is 3.05. The number of nitrogens with one attached hydrogen (secondary N) is 1. The number of benzene rings is 1. The fraction of sp³-hybridized carbons (Fsp3) is 0.267. The van der Waals surface area contributed by atoms with E-state index in [1.54, 1.807) is 6.08 Å². The lowest BCUT2D eigenvalue weighted by atomic mass is 10.1. The Morgan fingerprint density at radius 2 is 2.35 bits per heavy atom. The predicted molar refractivity (Wildman–Crippen MR) is 77.7 cm³/mol. The molecule has 106 valence electrons. The van der Waals surface area contributed by atoms with Crippen molar-refractivity contribution in [2.24, 2.45) is 5.73 Å². The summed E-state index contributed by atoms with van der Waals surface area (Å²) in [7, 11) is 1.33. The fourth-order valence-electron chi connectivity index (χ4n) is 2.04. The topological polar surface area (TPSA) is 77.3 Å². The second kappa shape index (κ2) is 6.25. The number of fused-ring (bicyclic) bond motifs is 1. The summed E-state index contributed by atoms with van der Waals surface area (Å²) in [5.41, 5.74) is 7.73. The summed E-state index contributed by atoms with van der Waals surface area (Å²) in [4.78, 5) is 14.5. The smallest absolute Gasteiger partial charge is 0.322 e. The van der Waals surface area contributed by atoms with Crippen molar-refractivity contribution >= 4 is 16.9 Å². The molecule has 1 aromatic heterocycles. The minimum Gasteiger partial charge on any atom is -0.490 e. The van der Waals surface area contributed by atoms with Crippen LogP contribution in [0.5, 0.6) is 5.75 Å². The van der Waals surface area contributed by atoms with Gasteiger partial charge in [0.25, 0.3) is 0 Å². The molecule has 5 nitrogen and oxygen atoms in total. The van der Waals surface area contributed by atoms with Crippen molar-refractivity contribution in [3.8, 4) is 5.75 Å². The highest BCUT2D eigenvalue weighted by Crippen LogP contribution is 2.24. The number of H-pyrrole nitrogens is 1. The van der Waals surface area contributed by atoms with Gasteiger partial charge in [-0.25, -0.2) is 0 Å². The van der Waals surface area contributed by atoms with E-state index >= 15 is 0 Å². The lowest BCUT2D eigenvalue weighted by Gasteiger charge is -2.08. The second-order valence-corrected chi connectivity index (χ2v) is 4.45. The van der Waals surface area contributed by atoms with E-state index in [1.807, 2.05) is 24.4 Å². The third-order valence-corrected chi connectivity index (χ3v) is 3.05. The van der Waals surface area contributed by atoms with Crippen molar-refractivity contribution in [2.45, 2.75) is 12.5 Å². The van der Waals surface area contributed by atoms with Crippen LogP contribution >= 0.6 is 0 Å². The Labute approximate surface area is 117 Å². The molecule has 0 bridgehead atoms. The molecule has 0 fully saturated rings. The Morgan fingerprint density at radius 3 is 3.05 bits per heavy atom. The molecule has 0 spiro atoms. The molecule has 2 rings (SSSR count). The van der Waals surface area contributed by atoms with Gasteiger partial charge in [0.05, 0.1) is 7.11 Å². The summed E-state index contributed by atoms with van der Waals surface area (Å²) in [6.45, 7) is 4.07. The lowest BCUT2D eigenvalue weighted by molar-refractivity contribution is -0.142. The number of hydrogen-bond acceptors (Lipinski definition) is 4. The summed E-state index contributed by atoms with van der Waals surface area (Å²) in [5.74, 6) is 0.336. The zero-order valence-corrected chi connectivity index (χ0v) is 11.4. The van der Waals surface area contributed by atoms with Crippen molar-refractivity contribution in [2.75, 3.05) is 13.7 Å². The third kappa shape index (κ3) is 3.00. The maximum atomic E-state index is 11.4. The Bertz CT molecular complexity index is 619. The molecule has 2 aromatic rings. The molecule has 0 aliphatic heterocycles. The van der Waals surface area contributed by atoms with Gasteiger partial charge in [0.1, 0.15) is 18.4 Å². The van der Waals surface area contributed by atoms with Gasteiger partial charge >= 0.3 is 5.97 Å². The highest BCUT2D eigenvalue weighted by atomic mass is 16.5. The lowest BCUT2D eigenvalue weighted by Crippen LogP contribution is -2.33. The number of esters is 1. The van der Waals surface area contributed by atoms with E-state index in [9.17, 15) is 4.79 Å². The van der Waals surface area contributed by atoms with Crippen molar-refractivity contribution < 1.29 is 14.3 Å². The number of ether oxygens (including phenoxy) is 2. The van der Waals surface area contributed by atoms with Crippen LogP contribution in [0.15, 0.2) is 37.1 Å². The molecule has 0 unspecified atom stereocenters. The average Bonchev–Trinajstić information content (AvgIpc) is 2.86. The van der Waals surface area contributed by atoms with E-state index in [-0.39, 0.29) is 0 Å². The first-order valence-corrected chi connectivity index (χ1v) is 6.32. The molecular weight excluding hydrogens is 256 g/mol. The van der Waals surface area contributed by atoms with Crippen LogP contribution in [0.1, 0.15) is 5.56 Å². The van der Waals surface area contributed by atoms with Crippen molar-refractivity contribution in [3.05, 3.63) is 42.6 Å². The SMILES string of the molecule is C=CCOc1ccc2[nH]cc(C[C@H](N)C(=O)OC)c2c1. The average molecular weight is 274 g/mol. The zero-order chi connectivity index (χ0) is 14.5. The van der Waals surface area contributed by atoms with Crippen LogP contribution in [0.2, 0.25) is 0 Å². The summed E-state index contributed by atoms with van der Waals surface area (Å²) < 4.78 is 10.1. The van der Waals surface area contributed by atoms with Gasteiger partial charge in [-0.1, -0.05) is 12.7 Å².